The third-order valence-electron chi connectivity index (χ3n) is 7.05. The molecule has 2 aromatic rings. The highest BCUT2D eigenvalue weighted by molar-refractivity contribution is 7.81. The van der Waals surface area contributed by atoms with E-state index in [0.29, 0.717) is 36.1 Å². The maximum atomic E-state index is 11.6. The predicted octanol–water partition coefficient (Wildman–Crippen LogP) is -0.434. The number of fused-ring (bicyclic) bond motifs is 2. The van der Waals surface area contributed by atoms with Gasteiger partial charge in [0.15, 0.2) is 29.1 Å². The topological polar surface area (TPSA) is 211 Å². The molecule has 6 atom stereocenters. The highest BCUT2D eigenvalue weighted by atomic mass is 32.3. The Kier molecular flexibility index (Phi) is 7.09. The fourth-order valence-electron chi connectivity index (χ4n) is 5.33. The summed E-state index contributed by atoms with van der Waals surface area (Å²) < 4.78 is 59.1. The molecule has 0 bridgehead atoms. The van der Waals surface area contributed by atoms with Crippen LogP contribution in [0.2, 0.25) is 0 Å². The van der Waals surface area contributed by atoms with Gasteiger partial charge in [-0.05, 0) is 59.8 Å². The van der Waals surface area contributed by atoms with Crippen molar-refractivity contribution in [1.29, 1.82) is 0 Å². The number of hydrogen-bond donors (Lipinski definition) is 6. The van der Waals surface area contributed by atoms with Crippen molar-refractivity contribution in [3.05, 3.63) is 34.9 Å². The van der Waals surface area contributed by atoms with E-state index >= 15 is 0 Å². The van der Waals surface area contributed by atoms with Crippen molar-refractivity contribution < 1.29 is 61.3 Å². The zero-order valence-corrected chi connectivity index (χ0v) is 21.5. The van der Waals surface area contributed by atoms with Crippen LogP contribution in [0.25, 0.3) is 11.1 Å². The molecule has 3 aliphatic rings. The molecule has 15 heteroatoms. The molecule has 0 unspecified atom stereocenters. The van der Waals surface area contributed by atoms with E-state index in [-0.39, 0.29) is 29.0 Å². The number of hydrogen-bond acceptors (Lipinski definition) is 12. The lowest BCUT2D eigenvalue weighted by atomic mass is 9.77. The van der Waals surface area contributed by atoms with E-state index in [1.165, 1.54) is 26.4 Å². The number of aliphatic hydroxyl groups is 3. The van der Waals surface area contributed by atoms with Gasteiger partial charge >= 0.3 is 16.4 Å². The van der Waals surface area contributed by atoms with Crippen LogP contribution in [0.1, 0.15) is 22.7 Å². The maximum Gasteiger partial charge on any atom is 0.446 e. The molecule has 1 saturated heterocycles. The Labute approximate surface area is 222 Å². The van der Waals surface area contributed by atoms with Crippen molar-refractivity contribution in [2.24, 2.45) is 0 Å². The second kappa shape index (κ2) is 10.1. The number of rotatable bonds is 7. The van der Waals surface area contributed by atoms with Gasteiger partial charge in [-0.2, -0.15) is 8.42 Å². The second-order valence-electron chi connectivity index (χ2n) is 9.34. The molecule has 2 aliphatic heterocycles. The number of aliphatic hydroxyl groups excluding tert-OH is 3. The molecular formula is C24H27NO13S. The van der Waals surface area contributed by atoms with E-state index in [0.717, 1.165) is 11.1 Å². The Balaban J connectivity index is 1.69. The van der Waals surface area contributed by atoms with E-state index in [4.69, 9.17) is 23.1 Å². The Hall–Kier alpha value is -3.18. The number of carboxylic acids is 1. The normalized spacial score (nSPS) is 27.6. The molecule has 212 valence electrons. The first-order valence-electron chi connectivity index (χ1n) is 11.9. The zero-order valence-electron chi connectivity index (χ0n) is 20.7. The first-order valence-corrected chi connectivity index (χ1v) is 13.2. The van der Waals surface area contributed by atoms with Crippen LogP contribution in [-0.4, -0.2) is 90.8 Å². The second-order valence-corrected chi connectivity index (χ2v) is 10.4. The van der Waals surface area contributed by atoms with Gasteiger partial charge in [0.1, 0.15) is 18.3 Å². The summed E-state index contributed by atoms with van der Waals surface area (Å²) in [6.45, 7) is 0.634. The van der Waals surface area contributed by atoms with Crippen molar-refractivity contribution in [3.63, 3.8) is 0 Å². The molecule has 14 nitrogen and oxygen atoms in total. The van der Waals surface area contributed by atoms with Gasteiger partial charge in [-0.3, -0.25) is 4.55 Å². The van der Waals surface area contributed by atoms with Crippen molar-refractivity contribution in [2.75, 3.05) is 20.8 Å². The average molecular weight is 570 g/mol. The van der Waals surface area contributed by atoms with Crippen LogP contribution in [0.15, 0.2) is 18.2 Å². The summed E-state index contributed by atoms with van der Waals surface area (Å²) in [5.41, 5.74) is 3.36. The van der Waals surface area contributed by atoms with E-state index in [1.54, 1.807) is 6.07 Å². The van der Waals surface area contributed by atoms with Crippen LogP contribution in [0.5, 0.6) is 23.0 Å². The van der Waals surface area contributed by atoms with Gasteiger partial charge in [0.05, 0.1) is 14.2 Å². The summed E-state index contributed by atoms with van der Waals surface area (Å²) in [7, 11) is -2.17. The number of ether oxygens (including phenoxy) is 4. The zero-order chi connectivity index (χ0) is 28.2. The smallest absolute Gasteiger partial charge is 0.446 e. The van der Waals surface area contributed by atoms with Crippen LogP contribution in [0, 0.1) is 0 Å². The van der Waals surface area contributed by atoms with Crippen LogP contribution < -0.4 is 23.7 Å². The van der Waals surface area contributed by atoms with Gasteiger partial charge in [0, 0.05) is 11.6 Å². The molecule has 2 aromatic carbocycles. The Morgan fingerprint density at radius 1 is 1.00 bits per heavy atom. The van der Waals surface area contributed by atoms with Gasteiger partial charge in [-0.25, -0.2) is 4.79 Å². The molecular weight excluding hydrogens is 542 g/mol. The average Bonchev–Trinajstić information content (AvgIpc) is 2.88. The molecule has 0 radical (unpaired) electrons. The summed E-state index contributed by atoms with van der Waals surface area (Å²) in [5.74, 6) is -1.55. The summed E-state index contributed by atoms with van der Waals surface area (Å²) >= 11 is 0. The monoisotopic (exact) mass is 569 g/mol. The Morgan fingerprint density at radius 3 is 2.33 bits per heavy atom. The molecule has 0 spiro atoms. The number of methoxy groups -OCH3 is 2. The van der Waals surface area contributed by atoms with Crippen molar-refractivity contribution >= 4 is 16.4 Å². The lowest BCUT2D eigenvalue weighted by molar-refractivity contribution is -0.271. The molecule has 2 heterocycles. The first-order chi connectivity index (χ1) is 18.4. The van der Waals surface area contributed by atoms with Crippen LogP contribution in [0.3, 0.4) is 0 Å². The fraction of sp³-hybridized carbons (Fsp3) is 0.458. The van der Waals surface area contributed by atoms with E-state index < -0.39 is 47.1 Å². The highest BCUT2D eigenvalue weighted by Gasteiger charge is 2.49. The first kappa shape index (κ1) is 27.4. The number of benzene rings is 2. The molecule has 1 fully saturated rings. The van der Waals surface area contributed by atoms with Crippen molar-refractivity contribution in [2.45, 2.75) is 49.6 Å². The van der Waals surface area contributed by atoms with Crippen LogP contribution in [-0.2, 0) is 32.8 Å². The summed E-state index contributed by atoms with van der Waals surface area (Å²) in [5, 5.41) is 43.8. The number of aliphatic carboxylic acids is 1. The number of carboxylic acid groups (broad SMARTS) is 1. The minimum atomic E-state index is -4.85. The van der Waals surface area contributed by atoms with Gasteiger partial charge in [0.25, 0.3) is 0 Å². The third-order valence-corrected chi connectivity index (χ3v) is 7.44. The van der Waals surface area contributed by atoms with E-state index in [2.05, 4.69) is 5.32 Å². The third kappa shape index (κ3) is 4.86. The van der Waals surface area contributed by atoms with Gasteiger partial charge < -0.3 is 48.9 Å². The Morgan fingerprint density at radius 2 is 1.69 bits per heavy atom. The molecule has 0 saturated carbocycles. The molecule has 6 N–H and O–H groups in total. The summed E-state index contributed by atoms with van der Waals surface area (Å²) in [6.07, 6.45) is -8.15. The van der Waals surface area contributed by atoms with Crippen molar-refractivity contribution in [1.82, 2.24) is 5.32 Å². The highest BCUT2D eigenvalue weighted by Crippen LogP contribution is 2.53. The minimum Gasteiger partial charge on any atom is -0.493 e. The van der Waals surface area contributed by atoms with Crippen LogP contribution in [0.4, 0.5) is 0 Å². The van der Waals surface area contributed by atoms with E-state index in [1.807, 2.05) is 0 Å². The number of nitrogens with one attached hydrogen (secondary N) is 1. The summed E-state index contributed by atoms with van der Waals surface area (Å²) in [6, 6.07) is 4.42. The van der Waals surface area contributed by atoms with Crippen LogP contribution >= 0.6 is 0 Å². The molecule has 39 heavy (non-hydrogen) atoms. The molecule has 1 aliphatic carbocycles. The van der Waals surface area contributed by atoms with Gasteiger partial charge in [0.2, 0.25) is 6.29 Å². The summed E-state index contributed by atoms with van der Waals surface area (Å²) in [4.78, 5) is 11.6. The largest absolute Gasteiger partial charge is 0.493 e. The lowest BCUT2D eigenvalue weighted by Crippen LogP contribution is -2.61. The van der Waals surface area contributed by atoms with Crippen molar-refractivity contribution in [3.8, 4) is 34.1 Å². The standard InChI is InChI=1S/C24H27NO13S/c1-34-13-8-11-10(7-14(13)38-39(31,32)33)5-12-16-9(3-4-25-12)6-15(35-2)21(17(11)16)36-24-20(28)18(26)19(27)22(37-24)23(29)30/h6-8,12,18-20,22,24-28H,3-5H2,1-2H3,(H,29,30)(H,31,32,33)/t12-,18+,19-,20-,22+,24-/m0/s1. The molecule has 0 amide bonds. The molecule has 5 rings (SSSR count). The number of carbonyl (C=O) groups is 1. The molecule has 0 aromatic heterocycles. The maximum absolute atomic E-state index is 11.6. The lowest BCUT2D eigenvalue weighted by Gasteiger charge is -2.40. The minimum absolute atomic E-state index is 0.0189. The van der Waals surface area contributed by atoms with Gasteiger partial charge in [-0.1, -0.05) is 0 Å². The van der Waals surface area contributed by atoms with E-state index in [9.17, 15) is 38.2 Å². The Bertz CT molecular complexity index is 1410. The SMILES string of the molecule is COc1cc2c(cc1OS(=O)(=O)O)C[C@@H]1NCCc3cc(OC)c(O[C@H]4O[C@@H](C(=O)O)[C@@H](O)[C@@H](O)[C@@H]4O)c-2c31. The predicted molar refractivity (Wildman–Crippen MR) is 130 cm³/mol. The fourth-order valence-corrected chi connectivity index (χ4v) is 5.69. The van der Waals surface area contributed by atoms with Gasteiger partial charge in [-0.15, -0.1) is 0 Å². The quantitative estimate of drug-likeness (QED) is 0.234.